The highest BCUT2D eigenvalue weighted by Crippen LogP contribution is 2.13. The monoisotopic (exact) mass is 351 g/mol. The van der Waals surface area contributed by atoms with Gasteiger partial charge in [0.15, 0.2) is 5.78 Å². The van der Waals surface area contributed by atoms with Crippen LogP contribution in [-0.4, -0.2) is 59.1 Å². The number of carbonyl (C=O) groups is 3. The van der Waals surface area contributed by atoms with Gasteiger partial charge < -0.3 is 19.8 Å². The number of piperidine rings is 1. The number of hydrogen-bond donors (Lipinski definition) is 2. The summed E-state index contributed by atoms with van der Waals surface area (Å²) >= 11 is 0. The Labute approximate surface area is 147 Å². The molecule has 0 radical (unpaired) electrons. The van der Waals surface area contributed by atoms with Crippen LogP contribution in [0.2, 0.25) is 0 Å². The summed E-state index contributed by atoms with van der Waals surface area (Å²) in [5.74, 6) is -2.70. The van der Waals surface area contributed by atoms with Crippen molar-refractivity contribution < 1.29 is 29.3 Å². The van der Waals surface area contributed by atoms with Crippen molar-refractivity contribution in [1.82, 2.24) is 4.90 Å². The zero-order valence-electron chi connectivity index (χ0n) is 14.4. The number of ketones is 1. The van der Waals surface area contributed by atoms with Crippen LogP contribution in [0.15, 0.2) is 24.3 Å². The fourth-order valence-electron chi connectivity index (χ4n) is 2.45. The molecule has 1 aromatic carbocycles. The van der Waals surface area contributed by atoms with Crippen LogP contribution in [0.5, 0.6) is 5.75 Å². The molecular formula is C18H25NO6. The van der Waals surface area contributed by atoms with E-state index in [2.05, 4.69) is 4.90 Å². The lowest BCUT2D eigenvalue weighted by atomic mass is 10.1. The van der Waals surface area contributed by atoms with Gasteiger partial charge in [0.1, 0.15) is 5.75 Å². The van der Waals surface area contributed by atoms with Crippen LogP contribution in [0.3, 0.4) is 0 Å². The van der Waals surface area contributed by atoms with Gasteiger partial charge in [0.2, 0.25) is 0 Å². The molecule has 0 amide bonds. The largest absolute Gasteiger partial charge is 0.494 e. The van der Waals surface area contributed by atoms with Gasteiger partial charge in [-0.15, -0.1) is 0 Å². The van der Waals surface area contributed by atoms with E-state index in [-0.39, 0.29) is 5.78 Å². The quantitative estimate of drug-likeness (QED) is 0.460. The summed E-state index contributed by atoms with van der Waals surface area (Å²) in [4.78, 5) is 31.9. The molecule has 0 spiro atoms. The summed E-state index contributed by atoms with van der Waals surface area (Å²) < 4.78 is 5.69. The van der Waals surface area contributed by atoms with Crippen LogP contribution in [0.4, 0.5) is 0 Å². The Bertz CT molecular complexity index is 551. The topological polar surface area (TPSA) is 104 Å². The molecule has 1 saturated heterocycles. The first kappa shape index (κ1) is 20.6. The first-order chi connectivity index (χ1) is 11.9. The molecule has 2 N–H and O–H groups in total. The van der Waals surface area contributed by atoms with Crippen molar-refractivity contribution in [3.05, 3.63) is 29.8 Å². The van der Waals surface area contributed by atoms with Gasteiger partial charge in [-0.3, -0.25) is 4.79 Å². The van der Waals surface area contributed by atoms with Crippen molar-refractivity contribution in [3.63, 3.8) is 0 Å². The minimum absolute atomic E-state index is 0.0941. The van der Waals surface area contributed by atoms with Crippen LogP contribution >= 0.6 is 0 Å². The van der Waals surface area contributed by atoms with Crippen molar-refractivity contribution in [2.75, 3.05) is 26.2 Å². The van der Waals surface area contributed by atoms with Gasteiger partial charge in [-0.2, -0.15) is 0 Å². The van der Waals surface area contributed by atoms with Crippen LogP contribution in [0.25, 0.3) is 0 Å². The number of hydrogen-bond acceptors (Lipinski definition) is 5. The van der Waals surface area contributed by atoms with E-state index in [4.69, 9.17) is 24.5 Å². The van der Waals surface area contributed by atoms with E-state index in [0.717, 1.165) is 30.9 Å². The molecule has 1 aromatic rings. The molecule has 0 aliphatic carbocycles. The average molecular weight is 351 g/mol. The van der Waals surface area contributed by atoms with E-state index in [1.807, 2.05) is 24.3 Å². The predicted molar refractivity (Wildman–Crippen MR) is 92.1 cm³/mol. The molecular weight excluding hydrogens is 326 g/mol. The molecule has 7 nitrogen and oxygen atoms in total. The lowest BCUT2D eigenvalue weighted by molar-refractivity contribution is -0.159. The second kappa shape index (κ2) is 11.2. The average Bonchev–Trinajstić information content (AvgIpc) is 2.60. The Balaban J connectivity index is 0.000000450. The minimum Gasteiger partial charge on any atom is -0.494 e. The number of nitrogens with zero attached hydrogens (tertiary/aromatic N) is 1. The molecule has 1 aliphatic rings. The van der Waals surface area contributed by atoms with Crippen molar-refractivity contribution in [2.45, 2.75) is 32.6 Å². The molecule has 7 heteroatoms. The highest BCUT2D eigenvalue weighted by molar-refractivity contribution is 6.27. The third-order valence-electron chi connectivity index (χ3n) is 3.78. The number of Topliss-reactive ketones (excluding diaryl/α,β-unsaturated/α-hetero) is 1. The van der Waals surface area contributed by atoms with E-state index in [9.17, 15) is 4.79 Å². The van der Waals surface area contributed by atoms with Crippen LogP contribution in [0.1, 0.15) is 43.0 Å². The summed E-state index contributed by atoms with van der Waals surface area (Å²) in [6.07, 6.45) is 5.13. The van der Waals surface area contributed by atoms with Crippen LogP contribution in [-0.2, 0) is 9.59 Å². The molecule has 2 rings (SSSR count). The van der Waals surface area contributed by atoms with Gasteiger partial charge in [0.05, 0.1) is 6.61 Å². The zero-order chi connectivity index (χ0) is 18.7. The molecule has 0 unspecified atom stereocenters. The van der Waals surface area contributed by atoms with E-state index in [0.29, 0.717) is 0 Å². The molecule has 0 atom stereocenters. The highest BCUT2D eigenvalue weighted by Gasteiger charge is 2.09. The number of aliphatic carboxylic acids is 2. The Hall–Kier alpha value is -2.41. The third-order valence-corrected chi connectivity index (χ3v) is 3.78. The summed E-state index contributed by atoms with van der Waals surface area (Å²) in [6.45, 7) is 5.94. The van der Waals surface area contributed by atoms with Gasteiger partial charge >= 0.3 is 11.9 Å². The Morgan fingerprint density at radius 3 is 2.04 bits per heavy atom. The molecule has 1 heterocycles. The standard InChI is InChI=1S/C16H23NO2.C2H2O4/c1-14(18)15-6-8-16(9-7-15)19-13-5-12-17-10-3-2-4-11-17;3-1(4)2(5)6/h6-9H,2-5,10-13H2,1H3;(H,3,4)(H,5,6). The molecule has 0 saturated carbocycles. The summed E-state index contributed by atoms with van der Waals surface area (Å²) in [6, 6.07) is 7.39. The minimum atomic E-state index is -1.82. The van der Waals surface area contributed by atoms with Crippen LogP contribution < -0.4 is 4.74 Å². The maximum atomic E-state index is 11.1. The molecule has 1 aliphatic heterocycles. The second-order valence-electron chi connectivity index (χ2n) is 5.80. The van der Waals surface area contributed by atoms with E-state index < -0.39 is 11.9 Å². The number of carboxylic acids is 2. The first-order valence-corrected chi connectivity index (χ1v) is 8.32. The second-order valence-corrected chi connectivity index (χ2v) is 5.80. The molecule has 1 fully saturated rings. The number of ether oxygens (including phenoxy) is 1. The number of carboxylic acid groups (broad SMARTS) is 2. The molecule has 25 heavy (non-hydrogen) atoms. The molecule has 0 aromatic heterocycles. The predicted octanol–water partition coefficient (Wildman–Crippen LogP) is 2.30. The smallest absolute Gasteiger partial charge is 0.414 e. The van der Waals surface area contributed by atoms with Crippen LogP contribution in [0, 0.1) is 0 Å². The Morgan fingerprint density at radius 1 is 1.00 bits per heavy atom. The highest BCUT2D eigenvalue weighted by atomic mass is 16.5. The third kappa shape index (κ3) is 8.85. The molecule has 0 bridgehead atoms. The van der Waals surface area contributed by atoms with Crippen molar-refractivity contribution in [2.24, 2.45) is 0 Å². The lowest BCUT2D eigenvalue weighted by Gasteiger charge is -2.26. The van der Waals surface area contributed by atoms with Gasteiger partial charge in [0, 0.05) is 12.1 Å². The summed E-state index contributed by atoms with van der Waals surface area (Å²) in [7, 11) is 0. The SMILES string of the molecule is CC(=O)c1ccc(OCCCN2CCCCC2)cc1.O=C(O)C(=O)O. The van der Waals surface area contributed by atoms with Gasteiger partial charge in [-0.05, 0) is 63.5 Å². The number of likely N-dealkylation sites (tertiary alicyclic amines) is 1. The number of benzene rings is 1. The Kier molecular flexibility index (Phi) is 9.24. The van der Waals surface area contributed by atoms with E-state index in [1.165, 1.54) is 32.4 Å². The normalized spacial score (nSPS) is 14.1. The maximum absolute atomic E-state index is 11.1. The lowest BCUT2D eigenvalue weighted by Crippen LogP contribution is -2.31. The molecule has 138 valence electrons. The van der Waals surface area contributed by atoms with Gasteiger partial charge in [0.25, 0.3) is 0 Å². The summed E-state index contributed by atoms with van der Waals surface area (Å²) in [5, 5.41) is 14.8. The van der Waals surface area contributed by atoms with Gasteiger partial charge in [-0.25, -0.2) is 9.59 Å². The number of carbonyl (C=O) groups excluding carboxylic acids is 1. The Morgan fingerprint density at radius 2 is 1.56 bits per heavy atom. The summed E-state index contributed by atoms with van der Waals surface area (Å²) in [5.41, 5.74) is 0.737. The van der Waals surface area contributed by atoms with Crippen molar-refractivity contribution in [1.29, 1.82) is 0 Å². The maximum Gasteiger partial charge on any atom is 0.414 e. The fourth-order valence-corrected chi connectivity index (χ4v) is 2.45. The van der Waals surface area contributed by atoms with E-state index in [1.54, 1.807) is 6.92 Å². The number of rotatable bonds is 6. The fraction of sp³-hybridized carbons (Fsp3) is 0.500. The zero-order valence-corrected chi connectivity index (χ0v) is 14.4. The van der Waals surface area contributed by atoms with Crippen molar-refractivity contribution in [3.8, 4) is 5.75 Å². The van der Waals surface area contributed by atoms with Crippen molar-refractivity contribution >= 4 is 17.7 Å². The van der Waals surface area contributed by atoms with E-state index >= 15 is 0 Å². The first-order valence-electron chi connectivity index (χ1n) is 8.32. The van der Waals surface area contributed by atoms with Gasteiger partial charge in [-0.1, -0.05) is 6.42 Å².